The second kappa shape index (κ2) is 6.79. The maximum atomic E-state index is 13.2. The molecule has 2 aromatic rings. The van der Waals surface area contributed by atoms with Gasteiger partial charge in [-0.3, -0.25) is 0 Å². The van der Waals surface area contributed by atoms with E-state index in [0.29, 0.717) is 16.8 Å². The summed E-state index contributed by atoms with van der Waals surface area (Å²) in [4.78, 5) is -0.856. The van der Waals surface area contributed by atoms with Crippen LogP contribution in [0.2, 0.25) is 10.0 Å². The minimum Gasteiger partial charge on any atom is -0.354 e. The van der Waals surface area contributed by atoms with Crippen LogP contribution in [-0.2, 0) is 16.2 Å². The molecule has 10 heteroatoms. The van der Waals surface area contributed by atoms with Gasteiger partial charge < -0.3 is 5.32 Å². The first kappa shape index (κ1) is 18.9. The summed E-state index contributed by atoms with van der Waals surface area (Å²) in [6.07, 6.45) is -4.85. The summed E-state index contributed by atoms with van der Waals surface area (Å²) < 4.78 is 65.0. The van der Waals surface area contributed by atoms with E-state index in [9.17, 15) is 21.6 Å². The fourth-order valence-electron chi connectivity index (χ4n) is 1.92. The van der Waals surface area contributed by atoms with Crippen LogP contribution in [0.4, 0.5) is 24.5 Å². The highest BCUT2D eigenvalue weighted by Crippen LogP contribution is 2.37. The summed E-state index contributed by atoms with van der Waals surface area (Å²) in [5.41, 5.74) is -0.924. The number of anilines is 2. The third-order valence-corrected chi connectivity index (χ3v) is 5.07. The number of hydrogen-bond acceptors (Lipinski definition) is 3. The molecule has 2 N–H and O–H groups in total. The first-order valence-corrected chi connectivity index (χ1v) is 8.65. The maximum Gasteiger partial charge on any atom is 0.417 e. The van der Waals surface area contributed by atoms with E-state index < -0.39 is 26.7 Å². The molecule has 24 heavy (non-hydrogen) atoms. The summed E-state index contributed by atoms with van der Waals surface area (Å²) in [6, 6.07) is 7.23. The molecule has 4 nitrogen and oxygen atoms in total. The Bertz CT molecular complexity index is 871. The summed E-state index contributed by atoms with van der Waals surface area (Å²) in [7, 11) is -3.22. The number of rotatable bonds is 4. The predicted molar refractivity (Wildman–Crippen MR) is 87.4 cm³/mol. The number of hydrogen-bond donors (Lipinski definition) is 2. The van der Waals surface area contributed by atoms with Crippen LogP contribution in [0.3, 0.4) is 0 Å². The number of halogens is 5. The van der Waals surface area contributed by atoms with Gasteiger partial charge in [0, 0.05) is 10.7 Å². The van der Waals surface area contributed by atoms with Crippen molar-refractivity contribution >= 4 is 44.6 Å². The van der Waals surface area contributed by atoms with E-state index in [0.717, 1.165) is 13.1 Å². The number of nitrogens with one attached hydrogen (secondary N) is 2. The van der Waals surface area contributed by atoms with Crippen LogP contribution in [0.15, 0.2) is 41.3 Å². The third-order valence-electron chi connectivity index (χ3n) is 3.05. The molecule has 0 saturated heterocycles. The summed E-state index contributed by atoms with van der Waals surface area (Å²) in [6.45, 7) is 0. The Labute approximate surface area is 146 Å². The molecule has 0 amide bonds. The fraction of sp³-hybridized carbons (Fsp3) is 0.143. The van der Waals surface area contributed by atoms with Crippen LogP contribution in [0.1, 0.15) is 5.56 Å². The Morgan fingerprint density at radius 1 is 1.04 bits per heavy atom. The lowest BCUT2D eigenvalue weighted by Crippen LogP contribution is -2.22. The second-order valence-electron chi connectivity index (χ2n) is 4.67. The first-order chi connectivity index (χ1) is 11.0. The van der Waals surface area contributed by atoms with Crippen LogP contribution >= 0.6 is 23.2 Å². The molecule has 2 aromatic carbocycles. The van der Waals surface area contributed by atoms with Crippen LogP contribution in [0, 0.1) is 0 Å². The third kappa shape index (κ3) is 4.13. The molecule has 0 bridgehead atoms. The van der Waals surface area contributed by atoms with Crippen molar-refractivity contribution in [3.8, 4) is 0 Å². The molecule has 0 aliphatic heterocycles. The Kier molecular flexibility index (Phi) is 5.34. The normalized spacial score (nSPS) is 12.2. The standard InChI is InChI=1S/C14H11Cl2F3N2O2S/c1-20-24(22,23)13-5-3-9(7-10(13)14(17,18)19)21-12-4-2-8(15)6-11(12)16/h2-7,20-21H,1H3. The van der Waals surface area contributed by atoms with Gasteiger partial charge in [-0.05, 0) is 43.4 Å². The predicted octanol–water partition coefficient (Wildman–Crippen LogP) is 4.66. The molecule has 0 atom stereocenters. The van der Waals surface area contributed by atoms with Gasteiger partial charge in [0.2, 0.25) is 10.0 Å². The minimum absolute atomic E-state index is 0.0293. The molecule has 0 aromatic heterocycles. The molecule has 2 rings (SSSR count). The molecule has 0 radical (unpaired) electrons. The molecule has 0 saturated carbocycles. The average Bonchev–Trinajstić information content (AvgIpc) is 2.49. The lowest BCUT2D eigenvalue weighted by Gasteiger charge is -2.16. The van der Waals surface area contributed by atoms with E-state index in [-0.39, 0.29) is 10.7 Å². The quantitative estimate of drug-likeness (QED) is 0.786. The number of benzene rings is 2. The van der Waals surface area contributed by atoms with Crippen LogP contribution in [-0.4, -0.2) is 15.5 Å². The van der Waals surface area contributed by atoms with Gasteiger partial charge in [0.1, 0.15) is 0 Å². The van der Waals surface area contributed by atoms with Crippen molar-refractivity contribution < 1.29 is 21.6 Å². The lowest BCUT2D eigenvalue weighted by molar-refractivity contribution is -0.139. The highest BCUT2D eigenvalue weighted by molar-refractivity contribution is 7.89. The van der Waals surface area contributed by atoms with Gasteiger partial charge in [-0.25, -0.2) is 13.1 Å². The van der Waals surface area contributed by atoms with Crippen molar-refractivity contribution in [2.45, 2.75) is 11.1 Å². The molecule has 0 heterocycles. The molecule has 0 aliphatic rings. The largest absolute Gasteiger partial charge is 0.417 e. The Balaban J connectivity index is 2.51. The zero-order valence-corrected chi connectivity index (χ0v) is 14.4. The topological polar surface area (TPSA) is 58.2 Å². The first-order valence-electron chi connectivity index (χ1n) is 6.41. The molecule has 0 aliphatic carbocycles. The van der Waals surface area contributed by atoms with Gasteiger partial charge in [0.25, 0.3) is 0 Å². The van der Waals surface area contributed by atoms with Crippen molar-refractivity contribution in [2.24, 2.45) is 0 Å². The Hall–Kier alpha value is -1.48. The van der Waals surface area contributed by atoms with Crippen molar-refractivity contribution in [2.75, 3.05) is 12.4 Å². The van der Waals surface area contributed by atoms with E-state index in [4.69, 9.17) is 23.2 Å². The van der Waals surface area contributed by atoms with Crippen molar-refractivity contribution in [1.29, 1.82) is 0 Å². The van der Waals surface area contributed by atoms with Crippen LogP contribution < -0.4 is 10.0 Å². The molecular weight excluding hydrogens is 388 g/mol. The van der Waals surface area contributed by atoms with Crippen LogP contribution in [0.25, 0.3) is 0 Å². The number of sulfonamides is 1. The van der Waals surface area contributed by atoms with Gasteiger partial charge in [-0.2, -0.15) is 13.2 Å². The van der Waals surface area contributed by atoms with Crippen molar-refractivity contribution in [3.05, 3.63) is 52.0 Å². The summed E-state index contributed by atoms with van der Waals surface area (Å²) in [5, 5.41) is 3.29. The average molecular weight is 399 g/mol. The van der Waals surface area contributed by atoms with Gasteiger partial charge in [-0.15, -0.1) is 0 Å². The zero-order valence-electron chi connectivity index (χ0n) is 12.1. The van der Waals surface area contributed by atoms with E-state index in [1.807, 2.05) is 4.72 Å². The summed E-state index contributed by atoms with van der Waals surface area (Å²) >= 11 is 11.7. The minimum atomic E-state index is -4.85. The van der Waals surface area contributed by atoms with Gasteiger partial charge in [0.05, 0.1) is 21.2 Å². The van der Waals surface area contributed by atoms with Gasteiger partial charge >= 0.3 is 6.18 Å². The van der Waals surface area contributed by atoms with Gasteiger partial charge in [-0.1, -0.05) is 23.2 Å². The Morgan fingerprint density at radius 2 is 1.71 bits per heavy atom. The van der Waals surface area contributed by atoms with Gasteiger partial charge in [0.15, 0.2) is 0 Å². The molecular formula is C14H11Cl2F3N2O2S. The van der Waals surface area contributed by atoms with E-state index >= 15 is 0 Å². The molecule has 130 valence electrons. The van der Waals surface area contributed by atoms with E-state index in [1.165, 1.54) is 24.3 Å². The van der Waals surface area contributed by atoms with E-state index in [1.54, 1.807) is 0 Å². The molecule has 0 fully saturated rings. The Morgan fingerprint density at radius 3 is 2.25 bits per heavy atom. The monoisotopic (exact) mass is 398 g/mol. The molecule has 0 spiro atoms. The highest BCUT2D eigenvalue weighted by Gasteiger charge is 2.37. The second-order valence-corrected chi connectivity index (χ2v) is 7.36. The fourth-order valence-corrected chi connectivity index (χ4v) is 3.31. The van der Waals surface area contributed by atoms with Crippen molar-refractivity contribution in [3.63, 3.8) is 0 Å². The van der Waals surface area contributed by atoms with Crippen LogP contribution in [0.5, 0.6) is 0 Å². The number of alkyl halides is 3. The SMILES string of the molecule is CNS(=O)(=O)c1ccc(Nc2ccc(Cl)cc2Cl)cc1C(F)(F)F. The zero-order chi connectivity index (χ0) is 18.1. The maximum absolute atomic E-state index is 13.2. The smallest absolute Gasteiger partial charge is 0.354 e. The van der Waals surface area contributed by atoms with E-state index in [2.05, 4.69) is 5.32 Å². The van der Waals surface area contributed by atoms with Crippen molar-refractivity contribution in [1.82, 2.24) is 4.72 Å². The highest BCUT2D eigenvalue weighted by atomic mass is 35.5. The molecule has 0 unspecified atom stereocenters. The lowest BCUT2D eigenvalue weighted by atomic mass is 10.2. The summed E-state index contributed by atoms with van der Waals surface area (Å²) in [5.74, 6) is 0.